The summed E-state index contributed by atoms with van der Waals surface area (Å²) in [5.74, 6) is 1.55. The van der Waals surface area contributed by atoms with Gasteiger partial charge in [-0.1, -0.05) is 0 Å². The molecule has 0 amide bonds. The van der Waals surface area contributed by atoms with Gasteiger partial charge in [-0.2, -0.15) is 0 Å². The van der Waals surface area contributed by atoms with E-state index in [0.29, 0.717) is 0 Å². The van der Waals surface area contributed by atoms with Crippen LogP contribution < -0.4 is 0 Å². The van der Waals surface area contributed by atoms with E-state index in [1.807, 2.05) is 6.08 Å². The molecule has 0 heterocycles. The molecule has 44 valence electrons. The third-order valence-corrected chi connectivity index (χ3v) is 0.939. The maximum atomic E-state index is 9.68. The van der Waals surface area contributed by atoms with Crippen molar-refractivity contribution in [2.45, 2.75) is 26.2 Å². The van der Waals surface area contributed by atoms with Crippen molar-refractivity contribution in [3.8, 4) is 0 Å². The number of hydrogen-bond donors (Lipinski definition) is 0. The zero-order valence-corrected chi connectivity index (χ0v) is 5.26. The number of allylic oxidation sites excluding steroid dienone is 1. The summed E-state index contributed by atoms with van der Waals surface area (Å²) >= 11 is 0. The van der Waals surface area contributed by atoms with Gasteiger partial charge in [0.2, 0.25) is 0 Å². The Hall–Kier alpha value is -0.395. The Kier molecular flexibility index (Phi) is 6.28. The van der Waals surface area contributed by atoms with Crippen LogP contribution in [0.5, 0.6) is 0 Å². The van der Waals surface area contributed by atoms with Crippen LogP contribution in [0.2, 0.25) is 0 Å². The molecule has 0 rings (SSSR count). The summed E-state index contributed by atoms with van der Waals surface area (Å²) in [5.41, 5.74) is 0. The zero-order chi connectivity index (χ0) is 6.24. The first-order chi connectivity index (χ1) is 3.91. The van der Waals surface area contributed by atoms with E-state index >= 15 is 0 Å². The molecule has 0 aliphatic carbocycles. The zero-order valence-electron chi connectivity index (χ0n) is 5.26. The fraction of sp³-hybridized carbons (Fsp3) is 0.667. The van der Waals surface area contributed by atoms with Crippen molar-refractivity contribution >= 4 is 7.15 Å². The molecule has 0 spiro atoms. The van der Waals surface area contributed by atoms with Crippen LogP contribution in [-0.2, 0) is 4.70 Å². The van der Waals surface area contributed by atoms with E-state index in [1.54, 1.807) is 5.98 Å². The Labute approximate surface area is 51.0 Å². The van der Waals surface area contributed by atoms with Gasteiger partial charge >= 0.3 is 50.1 Å². The summed E-state index contributed by atoms with van der Waals surface area (Å²) in [4.78, 5) is 0. The van der Waals surface area contributed by atoms with Gasteiger partial charge < -0.3 is 0 Å². The molecule has 0 N–H and O–H groups in total. The third kappa shape index (κ3) is 5.60. The normalized spacial score (nSPS) is 9.62. The van der Waals surface area contributed by atoms with Crippen molar-refractivity contribution in [2.24, 2.45) is 0 Å². The van der Waals surface area contributed by atoms with Gasteiger partial charge in [0.25, 0.3) is 0 Å². The molecule has 0 saturated carbocycles. The van der Waals surface area contributed by atoms with E-state index in [1.165, 1.54) is 12.8 Å². The molecule has 0 aromatic rings. The van der Waals surface area contributed by atoms with Crippen LogP contribution >= 0.6 is 0 Å². The number of hydrogen-bond acceptors (Lipinski definition) is 1. The van der Waals surface area contributed by atoms with Crippen LogP contribution in [0.4, 0.5) is 0 Å². The van der Waals surface area contributed by atoms with Gasteiger partial charge in [0.15, 0.2) is 0 Å². The van der Waals surface area contributed by atoms with Gasteiger partial charge in [-0.15, -0.1) is 0 Å². The van der Waals surface area contributed by atoms with Gasteiger partial charge in [0, 0.05) is 0 Å². The van der Waals surface area contributed by atoms with Gasteiger partial charge in [0.05, 0.1) is 0 Å². The molecular weight excluding hydrogens is 98.9 g/mol. The van der Waals surface area contributed by atoms with Crippen LogP contribution in [0.15, 0.2) is 12.1 Å². The van der Waals surface area contributed by atoms with Crippen LogP contribution in [0.3, 0.4) is 0 Å². The van der Waals surface area contributed by atoms with Crippen molar-refractivity contribution in [3.05, 3.63) is 12.1 Å². The standard InChI is InChI=1S/C6H11BO/c1-2-3-4-5-6-7-8/h5-6H,2-4H2,1H3. The van der Waals surface area contributed by atoms with Crippen molar-refractivity contribution in [1.29, 1.82) is 0 Å². The van der Waals surface area contributed by atoms with E-state index in [2.05, 4.69) is 6.92 Å². The van der Waals surface area contributed by atoms with Crippen molar-refractivity contribution in [1.82, 2.24) is 0 Å². The Morgan fingerprint density at radius 1 is 1.62 bits per heavy atom. The second-order valence-electron chi connectivity index (χ2n) is 1.71. The minimum absolute atomic E-state index is 0.815. The Balaban J connectivity index is 2.91. The van der Waals surface area contributed by atoms with Crippen LogP contribution in [0.25, 0.3) is 0 Å². The quantitative estimate of drug-likeness (QED) is 0.397. The van der Waals surface area contributed by atoms with Crippen LogP contribution in [0, 0.1) is 0 Å². The summed E-state index contributed by atoms with van der Waals surface area (Å²) in [7, 11) is 0.815. The Morgan fingerprint density at radius 2 is 2.38 bits per heavy atom. The maximum absolute atomic E-state index is 9.68. The molecule has 0 fully saturated rings. The SMILES string of the molecule is CCCCC=CB=O. The average molecular weight is 110 g/mol. The molecule has 2 heteroatoms. The number of unbranched alkanes of at least 4 members (excludes halogenated alkanes) is 2. The van der Waals surface area contributed by atoms with E-state index < -0.39 is 0 Å². The molecular formula is C6H11BO. The molecule has 8 heavy (non-hydrogen) atoms. The molecule has 0 aromatic carbocycles. The minimum atomic E-state index is 0.815. The molecule has 0 unspecified atom stereocenters. The summed E-state index contributed by atoms with van der Waals surface area (Å²) in [6, 6.07) is 0. The predicted octanol–water partition coefficient (Wildman–Crippen LogP) is 1.74. The van der Waals surface area contributed by atoms with Gasteiger partial charge in [-0.3, -0.25) is 0 Å². The summed E-state index contributed by atoms with van der Waals surface area (Å²) in [6.07, 6.45) is 5.32. The molecule has 0 atom stereocenters. The van der Waals surface area contributed by atoms with E-state index in [0.717, 1.165) is 13.6 Å². The van der Waals surface area contributed by atoms with E-state index in [4.69, 9.17) is 0 Å². The predicted molar refractivity (Wildman–Crippen MR) is 35.1 cm³/mol. The second kappa shape index (κ2) is 6.60. The van der Waals surface area contributed by atoms with E-state index in [9.17, 15) is 4.70 Å². The van der Waals surface area contributed by atoms with Gasteiger partial charge in [0.1, 0.15) is 0 Å². The first kappa shape index (κ1) is 7.60. The fourth-order valence-electron chi connectivity index (χ4n) is 0.474. The Bertz CT molecular complexity index is 78.6. The van der Waals surface area contributed by atoms with Crippen molar-refractivity contribution in [2.75, 3.05) is 0 Å². The number of rotatable bonds is 4. The third-order valence-electron chi connectivity index (χ3n) is 0.939. The van der Waals surface area contributed by atoms with Gasteiger partial charge in [-0.05, 0) is 0 Å². The fourth-order valence-corrected chi connectivity index (χ4v) is 0.474. The molecule has 0 aromatic heterocycles. The molecule has 0 radical (unpaired) electrons. The van der Waals surface area contributed by atoms with Gasteiger partial charge in [-0.25, -0.2) is 0 Å². The topological polar surface area (TPSA) is 17.1 Å². The average Bonchev–Trinajstić information content (AvgIpc) is 1.81. The van der Waals surface area contributed by atoms with Crippen LogP contribution in [-0.4, -0.2) is 7.15 Å². The molecule has 0 aliphatic heterocycles. The Morgan fingerprint density at radius 3 is 2.88 bits per heavy atom. The van der Waals surface area contributed by atoms with E-state index in [-0.39, 0.29) is 0 Å². The first-order valence-corrected chi connectivity index (χ1v) is 3.02. The molecule has 0 bridgehead atoms. The second-order valence-corrected chi connectivity index (χ2v) is 1.71. The molecule has 1 nitrogen and oxygen atoms in total. The summed E-state index contributed by atoms with van der Waals surface area (Å²) in [6.45, 7) is 2.13. The van der Waals surface area contributed by atoms with Crippen LogP contribution in [0.1, 0.15) is 26.2 Å². The molecule has 0 aliphatic rings. The molecule has 0 saturated heterocycles. The van der Waals surface area contributed by atoms with Crippen molar-refractivity contribution < 1.29 is 4.70 Å². The summed E-state index contributed by atoms with van der Waals surface area (Å²) in [5, 5.41) is 0. The first-order valence-electron chi connectivity index (χ1n) is 3.02. The monoisotopic (exact) mass is 110 g/mol. The summed E-state index contributed by atoms with van der Waals surface area (Å²) < 4.78 is 9.68. The van der Waals surface area contributed by atoms with Crippen molar-refractivity contribution in [3.63, 3.8) is 0 Å².